The van der Waals surface area contributed by atoms with Gasteiger partial charge in [0.1, 0.15) is 18.2 Å². The Hall–Kier alpha value is -3.23. The SMILES string of the molecule is CCC/C=C(/CC)c1c(C2COC(=O)O2)ccnc1Nc1ccc(OC(F)(F)F)cc1. The molecule has 6 nitrogen and oxygen atoms in total. The summed E-state index contributed by atoms with van der Waals surface area (Å²) in [7, 11) is 0. The summed E-state index contributed by atoms with van der Waals surface area (Å²) in [6.45, 7) is 4.19. The smallest absolute Gasteiger partial charge is 0.430 e. The number of hydrogen-bond acceptors (Lipinski definition) is 6. The van der Waals surface area contributed by atoms with E-state index in [4.69, 9.17) is 9.47 Å². The first-order valence-electron chi connectivity index (χ1n) is 9.95. The molecule has 0 spiro atoms. The van der Waals surface area contributed by atoms with Crippen LogP contribution in [-0.2, 0) is 9.47 Å². The third-order valence-electron chi connectivity index (χ3n) is 4.65. The van der Waals surface area contributed by atoms with Gasteiger partial charge < -0.3 is 19.5 Å². The van der Waals surface area contributed by atoms with E-state index in [0.717, 1.165) is 29.5 Å². The fourth-order valence-corrected chi connectivity index (χ4v) is 3.28. The van der Waals surface area contributed by atoms with Crippen LogP contribution in [0.15, 0.2) is 42.6 Å². The van der Waals surface area contributed by atoms with Gasteiger partial charge in [0, 0.05) is 23.0 Å². The monoisotopic (exact) mass is 436 g/mol. The van der Waals surface area contributed by atoms with Crippen LogP contribution in [-0.4, -0.2) is 24.1 Å². The zero-order valence-corrected chi connectivity index (χ0v) is 17.2. The zero-order chi connectivity index (χ0) is 22.4. The van der Waals surface area contributed by atoms with E-state index in [0.29, 0.717) is 17.9 Å². The van der Waals surface area contributed by atoms with E-state index in [-0.39, 0.29) is 12.4 Å². The van der Waals surface area contributed by atoms with Gasteiger partial charge in [-0.15, -0.1) is 13.2 Å². The normalized spacial score (nSPS) is 16.6. The number of nitrogens with one attached hydrogen (secondary N) is 1. The van der Waals surface area contributed by atoms with E-state index < -0.39 is 18.6 Å². The number of unbranched alkanes of at least 4 members (excludes halogenated alkanes) is 1. The predicted octanol–water partition coefficient (Wildman–Crippen LogP) is 6.53. The van der Waals surface area contributed by atoms with Gasteiger partial charge in [-0.1, -0.05) is 26.3 Å². The number of benzene rings is 1. The fourth-order valence-electron chi connectivity index (χ4n) is 3.28. The van der Waals surface area contributed by atoms with Crippen molar-refractivity contribution in [3.63, 3.8) is 0 Å². The van der Waals surface area contributed by atoms with Crippen molar-refractivity contribution in [1.29, 1.82) is 0 Å². The van der Waals surface area contributed by atoms with Crippen LogP contribution in [0.5, 0.6) is 5.75 Å². The van der Waals surface area contributed by atoms with Gasteiger partial charge in [0.15, 0.2) is 6.10 Å². The fraction of sp³-hybridized carbons (Fsp3) is 0.364. The number of rotatable bonds is 8. The molecule has 2 aromatic rings. The van der Waals surface area contributed by atoms with Crippen molar-refractivity contribution in [3.05, 3.63) is 53.7 Å². The van der Waals surface area contributed by atoms with E-state index in [9.17, 15) is 18.0 Å². The van der Waals surface area contributed by atoms with Gasteiger partial charge in [-0.3, -0.25) is 0 Å². The van der Waals surface area contributed by atoms with Gasteiger partial charge in [0.25, 0.3) is 0 Å². The summed E-state index contributed by atoms with van der Waals surface area (Å²) in [5.41, 5.74) is 3.10. The van der Waals surface area contributed by atoms with Crippen LogP contribution in [0.1, 0.15) is 50.3 Å². The average molecular weight is 436 g/mol. The van der Waals surface area contributed by atoms with Crippen molar-refractivity contribution in [2.75, 3.05) is 11.9 Å². The molecule has 9 heteroatoms. The van der Waals surface area contributed by atoms with Gasteiger partial charge in [-0.05, 0) is 48.7 Å². The van der Waals surface area contributed by atoms with Crippen LogP contribution in [0, 0.1) is 0 Å². The molecule has 1 N–H and O–H groups in total. The molecule has 1 unspecified atom stereocenters. The molecule has 166 valence electrons. The summed E-state index contributed by atoms with van der Waals surface area (Å²) in [4.78, 5) is 15.9. The van der Waals surface area contributed by atoms with Crippen molar-refractivity contribution < 1.29 is 32.2 Å². The molecule has 1 aliphatic heterocycles. The van der Waals surface area contributed by atoms with E-state index in [1.165, 1.54) is 24.3 Å². The molecule has 1 aliphatic rings. The predicted molar refractivity (Wildman–Crippen MR) is 109 cm³/mol. The molecule has 3 rings (SSSR count). The lowest BCUT2D eigenvalue weighted by molar-refractivity contribution is -0.274. The zero-order valence-electron chi connectivity index (χ0n) is 17.2. The number of ether oxygens (including phenoxy) is 3. The molecule has 2 heterocycles. The molecule has 0 radical (unpaired) electrons. The minimum Gasteiger partial charge on any atom is -0.430 e. The van der Waals surface area contributed by atoms with Crippen molar-refractivity contribution in [2.45, 2.75) is 45.6 Å². The quantitative estimate of drug-likeness (QED) is 0.475. The first-order chi connectivity index (χ1) is 14.8. The number of cyclic esters (lactones) is 2. The number of pyridine rings is 1. The highest BCUT2D eigenvalue weighted by Gasteiger charge is 2.32. The standard InChI is InChI=1S/C22H23F3N2O4/c1-3-5-6-14(4-2)19-17(18-13-29-21(28)30-18)11-12-26-20(19)27-15-7-9-16(10-8-15)31-22(23,24)25/h6-12,18H,3-5,13H2,1-2H3,(H,26,27)/b14-6-. The average Bonchev–Trinajstić information content (AvgIpc) is 3.16. The second kappa shape index (κ2) is 9.72. The Kier molecular flexibility index (Phi) is 7.04. The number of allylic oxidation sites excluding steroid dienone is 2. The van der Waals surface area contributed by atoms with Crippen LogP contribution >= 0.6 is 0 Å². The lowest BCUT2D eigenvalue weighted by Crippen LogP contribution is -2.17. The van der Waals surface area contributed by atoms with Crippen molar-refractivity contribution in [2.24, 2.45) is 0 Å². The summed E-state index contributed by atoms with van der Waals surface area (Å²) in [5, 5.41) is 3.16. The van der Waals surface area contributed by atoms with Gasteiger partial charge in [-0.2, -0.15) is 0 Å². The maximum atomic E-state index is 12.4. The number of carbonyl (C=O) groups excluding carboxylic acids is 1. The summed E-state index contributed by atoms with van der Waals surface area (Å²) in [5.74, 6) is 0.196. The van der Waals surface area contributed by atoms with Gasteiger partial charge in [-0.25, -0.2) is 9.78 Å². The minimum atomic E-state index is -4.75. The Bertz CT molecular complexity index is 943. The Balaban J connectivity index is 1.96. The van der Waals surface area contributed by atoms with Crippen molar-refractivity contribution in [1.82, 2.24) is 4.98 Å². The van der Waals surface area contributed by atoms with Crippen molar-refractivity contribution in [3.8, 4) is 5.75 Å². The van der Waals surface area contributed by atoms with Crippen LogP contribution in [0.3, 0.4) is 0 Å². The third-order valence-corrected chi connectivity index (χ3v) is 4.65. The van der Waals surface area contributed by atoms with Gasteiger partial charge >= 0.3 is 12.5 Å². The summed E-state index contributed by atoms with van der Waals surface area (Å²) < 4.78 is 51.3. The largest absolute Gasteiger partial charge is 0.573 e. The molecule has 0 amide bonds. The second-order valence-corrected chi connectivity index (χ2v) is 6.86. The maximum Gasteiger partial charge on any atom is 0.573 e. The summed E-state index contributed by atoms with van der Waals surface area (Å²) in [6, 6.07) is 7.17. The number of anilines is 2. The summed E-state index contributed by atoms with van der Waals surface area (Å²) in [6.07, 6.45) is 0.200. The first kappa shape index (κ1) is 22.5. The molecule has 1 fully saturated rings. The topological polar surface area (TPSA) is 69.7 Å². The van der Waals surface area contributed by atoms with Crippen LogP contribution in [0.2, 0.25) is 0 Å². The minimum absolute atomic E-state index is 0.101. The maximum absolute atomic E-state index is 12.4. The molecular weight excluding hydrogens is 413 g/mol. The van der Waals surface area contributed by atoms with E-state index in [1.807, 2.05) is 6.92 Å². The lowest BCUT2D eigenvalue weighted by atomic mass is 9.94. The Morgan fingerprint density at radius 1 is 1.26 bits per heavy atom. The molecule has 1 atom stereocenters. The van der Waals surface area contributed by atoms with Crippen molar-refractivity contribution >= 4 is 23.2 Å². The number of hydrogen-bond donors (Lipinski definition) is 1. The summed E-state index contributed by atoms with van der Waals surface area (Å²) >= 11 is 0. The number of nitrogens with zero attached hydrogens (tertiary/aromatic N) is 1. The molecule has 0 bridgehead atoms. The molecule has 31 heavy (non-hydrogen) atoms. The molecule has 0 aliphatic carbocycles. The Morgan fingerprint density at radius 3 is 2.58 bits per heavy atom. The highest BCUT2D eigenvalue weighted by molar-refractivity contribution is 5.80. The van der Waals surface area contributed by atoms with E-state index >= 15 is 0 Å². The second-order valence-electron chi connectivity index (χ2n) is 6.86. The Labute approximate surface area is 178 Å². The van der Waals surface area contributed by atoms with Gasteiger partial charge in [0.05, 0.1) is 0 Å². The Morgan fingerprint density at radius 2 is 2.00 bits per heavy atom. The first-order valence-corrected chi connectivity index (χ1v) is 9.95. The lowest BCUT2D eigenvalue weighted by Gasteiger charge is -2.19. The molecule has 1 saturated heterocycles. The van der Waals surface area contributed by atoms with Crippen LogP contribution in [0.4, 0.5) is 29.5 Å². The highest BCUT2D eigenvalue weighted by atomic mass is 19.4. The number of carbonyl (C=O) groups is 1. The highest BCUT2D eigenvalue weighted by Crippen LogP contribution is 2.37. The molecule has 0 saturated carbocycles. The number of alkyl halides is 3. The van der Waals surface area contributed by atoms with Crippen LogP contribution in [0.25, 0.3) is 5.57 Å². The van der Waals surface area contributed by atoms with E-state index in [1.54, 1.807) is 12.3 Å². The molecule has 1 aromatic carbocycles. The molecule has 1 aromatic heterocycles. The molecular formula is C22H23F3N2O4. The van der Waals surface area contributed by atoms with E-state index in [2.05, 4.69) is 28.0 Å². The number of aromatic nitrogens is 1. The van der Waals surface area contributed by atoms with Crippen LogP contribution < -0.4 is 10.1 Å². The number of halogens is 3. The van der Waals surface area contributed by atoms with Gasteiger partial charge in [0.2, 0.25) is 0 Å². The third kappa shape index (κ3) is 5.90.